The molecule has 0 amide bonds. The van der Waals surface area contributed by atoms with Crippen molar-refractivity contribution >= 4 is 15.8 Å². The van der Waals surface area contributed by atoms with Crippen molar-refractivity contribution < 1.29 is 31.7 Å². The molecule has 1 aliphatic rings. The second-order valence-electron chi connectivity index (χ2n) is 7.53. The van der Waals surface area contributed by atoms with Gasteiger partial charge in [-0.05, 0) is 35.9 Å². The fraction of sp³-hybridized carbons (Fsp3) is 0.125. The van der Waals surface area contributed by atoms with E-state index in [0.29, 0.717) is 22.6 Å². The van der Waals surface area contributed by atoms with Crippen LogP contribution in [0, 0.1) is 21.4 Å². The summed E-state index contributed by atoms with van der Waals surface area (Å²) in [4.78, 5) is 9.92. The molecular weight excluding hydrogens is 490 g/mol. The van der Waals surface area contributed by atoms with Gasteiger partial charge in [0.25, 0.3) is 5.69 Å². The van der Waals surface area contributed by atoms with E-state index >= 15 is 0 Å². The van der Waals surface area contributed by atoms with Gasteiger partial charge in [-0.2, -0.15) is 13.7 Å². The number of hydrogen-bond donors (Lipinski definition) is 1. The maximum atomic E-state index is 12.7. The highest BCUT2D eigenvalue weighted by atomic mass is 32.2. The molecule has 1 aliphatic heterocycles. The van der Waals surface area contributed by atoms with Crippen molar-refractivity contribution in [1.29, 1.82) is 5.26 Å². The van der Waals surface area contributed by atoms with Gasteiger partial charge in [0.05, 0.1) is 25.1 Å². The Morgan fingerprint density at radius 2 is 1.72 bits per heavy atom. The number of nitrogens with zero attached hydrogens (tertiary/aromatic N) is 2. The minimum Gasteiger partial charge on any atom is -0.493 e. The topological polar surface area (TPSA) is 164 Å². The fourth-order valence-electron chi connectivity index (χ4n) is 3.77. The van der Waals surface area contributed by atoms with E-state index in [2.05, 4.69) is 6.07 Å². The predicted octanol–water partition coefficient (Wildman–Crippen LogP) is 3.60. The predicted molar refractivity (Wildman–Crippen MR) is 126 cm³/mol. The van der Waals surface area contributed by atoms with E-state index in [1.165, 1.54) is 26.4 Å². The largest absolute Gasteiger partial charge is 0.493 e. The summed E-state index contributed by atoms with van der Waals surface area (Å²) in [6.07, 6.45) is 0. The third-order valence-electron chi connectivity index (χ3n) is 5.47. The Hall–Kier alpha value is -4.76. The van der Waals surface area contributed by atoms with Crippen LogP contribution in [0.3, 0.4) is 0 Å². The smallest absolute Gasteiger partial charge is 0.339 e. The van der Waals surface area contributed by atoms with Gasteiger partial charge in [-0.15, -0.1) is 0 Å². The lowest BCUT2D eigenvalue weighted by molar-refractivity contribution is -0.384. The van der Waals surface area contributed by atoms with E-state index in [4.69, 9.17) is 24.1 Å². The summed E-state index contributed by atoms with van der Waals surface area (Å²) in [5.41, 5.74) is 7.16. The van der Waals surface area contributed by atoms with Crippen LogP contribution < -0.4 is 24.1 Å². The van der Waals surface area contributed by atoms with E-state index in [1.54, 1.807) is 24.3 Å². The molecule has 0 fully saturated rings. The van der Waals surface area contributed by atoms with Crippen LogP contribution >= 0.6 is 0 Å². The lowest BCUT2D eigenvalue weighted by Gasteiger charge is -2.27. The van der Waals surface area contributed by atoms with Crippen molar-refractivity contribution in [2.24, 2.45) is 5.73 Å². The molecule has 1 atom stereocenters. The summed E-state index contributed by atoms with van der Waals surface area (Å²) in [6, 6.07) is 15.9. The zero-order valence-electron chi connectivity index (χ0n) is 19.0. The first-order valence-electron chi connectivity index (χ1n) is 10.3. The van der Waals surface area contributed by atoms with Crippen LogP contribution in [0.2, 0.25) is 0 Å². The standard InChI is InChI=1S/C24H19N3O8S/c1-32-20-10-3-14(11-22(20)33-2)23-18-9-6-16(12-21(18)34-24(26)19(23)13-25)35-36(30,31)17-7-4-15(5-8-17)27(28)29/h3-12,23H,26H2,1-2H3. The van der Waals surface area contributed by atoms with Crippen molar-refractivity contribution in [2.75, 3.05) is 14.2 Å². The van der Waals surface area contributed by atoms with Crippen molar-refractivity contribution in [3.63, 3.8) is 0 Å². The third kappa shape index (κ3) is 4.47. The summed E-state index contributed by atoms with van der Waals surface area (Å²) >= 11 is 0. The van der Waals surface area contributed by atoms with E-state index in [0.717, 1.165) is 24.3 Å². The van der Waals surface area contributed by atoms with Crippen LogP contribution in [0.4, 0.5) is 5.69 Å². The molecule has 12 heteroatoms. The summed E-state index contributed by atoms with van der Waals surface area (Å²) in [6.45, 7) is 0. The average molecular weight is 509 g/mol. The quantitative estimate of drug-likeness (QED) is 0.283. The number of nitro groups is 1. The van der Waals surface area contributed by atoms with E-state index in [1.807, 2.05) is 0 Å². The number of non-ortho nitro benzene ring substituents is 1. The first-order valence-corrected chi connectivity index (χ1v) is 11.7. The van der Waals surface area contributed by atoms with Crippen LogP contribution in [0.5, 0.6) is 23.0 Å². The highest BCUT2D eigenvalue weighted by molar-refractivity contribution is 7.87. The highest BCUT2D eigenvalue weighted by Gasteiger charge is 2.32. The molecular formula is C24H19N3O8S. The van der Waals surface area contributed by atoms with E-state index < -0.39 is 21.0 Å². The Morgan fingerprint density at radius 3 is 2.33 bits per heavy atom. The number of allylic oxidation sites excluding steroid dienone is 1. The molecule has 0 spiro atoms. The molecule has 36 heavy (non-hydrogen) atoms. The van der Waals surface area contributed by atoms with Gasteiger partial charge >= 0.3 is 10.1 Å². The normalized spacial score (nSPS) is 14.8. The molecule has 1 unspecified atom stereocenters. The Bertz CT molecular complexity index is 1530. The zero-order chi connectivity index (χ0) is 26.0. The van der Waals surface area contributed by atoms with Crippen molar-refractivity contribution in [2.45, 2.75) is 10.8 Å². The fourth-order valence-corrected chi connectivity index (χ4v) is 4.69. The maximum absolute atomic E-state index is 12.7. The summed E-state index contributed by atoms with van der Waals surface area (Å²) in [5.74, 6) is 0.311. The Balaban J connectivity index is 1.71. The zero-order valence-corrected chi connectivity index (χ0v) is 19.8. The molecule has 0 radical (unpaired) electrons. The summed E-state index contributed by atoms with van der Waals surface area (Å²) in [5, 5.41) is 20.6. The number of rotatable bonds is 7. The number of nitrogens with two attached hydrogens (primary N) is 1. The Morgan fingerprint density at radius 1 is 1.03 bits per heavy atom. The molecule has 2 N–H and O–H groups in total. The molecule has 11 nitrogen and oxygen atoms in total. The molecule has 0 saturated carbocycles. The lowest BCUT2D eigenvalue weighted by Crippen LogP contribution is -2.21. The highest BCUT2D eigenvalue weighted by Crippen LogP contribution is 2.45. The van der Waals surface area contributed by atoms with Gasteiger partial charge in [-0.3, -0.25) is 10.1 Å². The monoisotopic (exact) mass is 509 g/mol. The first kappa shape index (κ1) is 24.4. The SMILES string of the molecule is COc1ccc(C2C(C#N)=C(N)Oc3cc(OS(=O)(=O)c4ccc([N+](=O)[O-])cc4)ccc32)cc1OC. The van der Waals surface area contributed by atoms with Gasteiger partial charge in [0, 0.05) is 23.8 Å². The first-order chi connectivity index (χ1) is 17.2. The average Bonchev–Trinajstić information content (AvgIpc) is 2.87. The van der Waals surface area contributed by atoms with Crippen LogP contribution in [-0.4, -0.2) is 27.6 Å². The van der Waals surface area contributed by atoms with Crippen LogP contribution in [0.25, 0.3) is 0 Å². The van der Waals surface area contributed by atoms with E-state index in [-0.39, 0.29) is 33.5 Å². The second kappa shape index (κ2) is 9.47. The molecule has 4 rings (SSSR count). The van der Waals surface area contributed by atoms with Gasteiger partial charge in [0.2, 0.25) is 5.88 Å². The van der Waals surface area contributed by atoms with Gasteiger partial charge in [0.15, 0.2) is 11.5 Å². The lowest BCUT2D eigenvalue weighted by atomic mass is 9.83. The molecule has 0 aliphatic carbocycles. The molecule has 0 aromatic heterocycles. The number of nitro benzene ring substituents is 1. The minimum atomic E-state index is -4.30. The third-order valence-corrected chi connectivity index (χ3v) is 6.73. The number of benzene rings is 3. The second-order valence-corrected chi connectivity index (χ2v) is 9.07. The van der Waals surface area contributed by atoms with Gasteiger partial charge < -0.3 is 24.1 Å². The van der Waals surface area contributed by atoms with Gasteiger partial charge in [-0.25, -0.2) is 0 Å². The minimum absolute atomic E-state index is 0.0774. The molecule has 0 bridgehead atoms. The Kier molecular flexibility index (Phi) is 6.41. The Labute approximate surface area is 206 Å². The number of methoxy groups -OCH3 is 2. The molecule has 0 saturated heterocycles. The van der Waals surface area contributed by atoms with Crippen LogP contribution in [-0.2, 0) is 10.1 Å². The van der Waals surface area contributed by atoms with Crippen molar-refractivity contribution in [3.05, 3.63) is 93.4 Å². The summed E-state index contributed by atoms with van der Waals surface area (Å²) in [7, 11) is -1.30. The number of hydrogen-bond acceptors (Lipinski definition) is 10. The number of fused-ring (bicyclic) bond motifs is 1. The van der Waals surface area contributed by atoms with Crippen LogP contribution in [0.1, 0.15) is 17.0 Å². The van der Waals surface area contributed by atoms with Crippen molar-refractivity contribution in [3.8, 4) is 29.1 Å². The van der Waals surface area contributed by atoms with E-state index in [9.17, 15) is 23.8 Å². The number of nitriles is 1. The van der Waals surface area contributed by atoms with Gasteiger partial charge in [-0.1, -0.05) is 12.1 Å². The number of ether oxygens (including phenoxy) is 3. The maximum Gasteiger partial charge on any atom is 0.339 e. The molecule has 1 heterocycles. The molecule has 184 valence electrons. The molecule has 3 aromatic carbocycles. The van der Waals surface area contributed by atoms with Gasteiger partial charge in [0.1, 0.15) is 28.0 Å². The van der Waals surface area contributed by atoms with Crippen molar-refractivity contribution in [1.82, 2.24) is 0 Å². The molecule has 3 aromatic rings. The summed E-state index contributed by atoms with van der Waals surface area (Å²) < 4.78 is 46.9. The van der Waals surface area contributed by atoms with Crippen LogP contribution in [0.15, 0.2) is 77.0 Å².